The number of phenolic OH excluding ortho intramolecular Hbond substituents is 1. The Morgan fingerprint density at radius 1 is 0.596 bits per heavy atom. The summed E-state index contributed by atoms with van der Waals surface area (Å²) in [7, 11) is 4.86. The molecule has 13 amide bonds. The zero-order chi connectivity index (χ0) is 65.6. The van der Waals surface area contributed by atoms with Gasteiger partial charge in [0.05, 0.1) is 25.1 Å². The smallest absolute Gasteiger partial charge is 0.327 e. The maximum atomic E-state index is 14.8. The summed E-state index contributed by atoms with van der Waals surface area (Å²) in [5.41, 5.74) is 12.2. The number of carboxylic acids is 2. The van der Waals surface area contributed by atoms with Crippen molar-refractivity contribution in [3.05, 3.63) is 29.8 Å². The van der Waals surface area contributed by atoms with Crippen molar-refractivity contribution in [2.24, 2.45) is 11.5 Å². The molecule has 5 rings (SSSR count). The van der Waals surface area contributed by atoms with Crippen molar-refractivity contribution >= 4 is 153 Å². The summed E-state index contributed by atoms with van der Waals surface area (Å²) in [4.78, 5) is 209. The average molecular weight is 1360 g/mol. The third-order valence-electron chi connectivity index (χ3n) is 13.6. The number of carbonyl (C=O) groups excluding carboxylic acids is 13. The van der Waals surface area contributed by atoms with Gasteiger partial charge in [0.25, 0.3) is 0 Å². The Labute approximate surface area is 531 Å². The summed E-state index contributed by atoms with van der Waals surface area (Å²) in [6.07, 6.45) is -4.12. The first-order chi connectivity index (χ1) is 42.1. The minimum atomic E-state index is -1.86. The van der Waals surface area contributed by atoms with Crippen LogP contribution in [0.2, 0.25) is 0 Å². The van der Waals surface area contributed by atoms with E-state index in [1.54, 1.807) is 0 Å². The number of aliphatic carboxylic acids is 2. The van der Waals surface area contributed by atoms with Gasteiger partial charge in [0.15, 0.2) is 0 Å². The molecule has 89 heavy (non-hydrogen) atoms. The molecule has 1 aromatic carbocycles. The Bertz CT molecular complexity index is 2830. The van der Waals surface area contributed by atoms with Crippen LogP contribution in [0.4, 0.5) is 0 Å². The molecule has 4 aliphatic rings. The van der Waals surface area contributed by atoms with Gasteiger partial charge in [-0.1, -0.05) is 76.9 Å². The monoisotopic (exact) mass is 1360 g/mol. The van der Waals surface area contributed by atoms with Crippen molar-refractivity contribution in [3.8, 4) is 5.75 Å². The molecule has 0 spiro atoms. The highest BCUT2D eigenvalue weighted by Crippen LogP contribution is 2.27. The lowest BCUT2D eigenvalue weighted by Crippen LogP contribution is -2.61. The quantitative estimate of drug-likeness (QED) is 0.0808. The number of hydrogen-bond acceptors (Lipinski definition) is 24. The van der Waals surface area contributed by atoms with Gasteiger partial charge in [-0.15, -0.1) is 0 Å². The zero-order valence-electron chi connectivity index (χ0n) is 47.7. The van der Waals surface area contributed by atoms with E-state index in [-0.39, 0.29) is 30.9 Å². The van der Waals surface area contributed by atoms with E-state index in [4.69, 9.17) is 11.5 Å². The molecule has 4 heterocycles. The van der Waals surface area contributed by atoms with Crippen LogP contribution in [-0.2, 0) is 78.3 Å². The number of nitrogens with two attached hydrogens (primary N) is 2. The lowest BCUT2D eigenvalue weighted by molar-refractivity contribution is -0.143. The number of aromatic hydroxyl groups is 1. The molecule has 0 radical (unpaired) electrons. The summed E-state index contributed by atoms with van der Waals surface area (Å²) in [5, 5.41) is 67.4. The molecule has 19 N–H and O–H groups in total. The number of aliphatic hydroxyl groups excluding tert-OH is 1. The van der Waals surface area contributed by atoms with Crippen molar-refractivity contribution in [3.63, 3.8) is 0 Å². The zero-order valence-corrected chi connectivity index (χ0v) is 52.6. The van der Waals surface area contributed by atoms with E-state index in [1.807, 2.05) is 0 Å². The van der Waals surface area contributed by atoms with E-state index in [1.165, 1.54) is 31.2 Å². The predicted molar refractivity (Wildman–Crippen MR) is 327 cm³/mol. The number of nitrogens with one attached hydrogen (secondary N) is 11. The van der Waals surface area contributed by atoms with Crippen molar-refractivity contribution < 1.29 is 92.3 Å². The number of primary amides is 1. The fraction of sp³-hybridized carbons (Fsp3) is 0.580. The van der Waals surface area contributed by atoms with Gasteiger partial charge < -0.3 is 95.3 Å². The highest BCUT2D eigenvalue weighted by Gasteiger charge is 2.42. The number of carbonyl (C=O) groups is 15. The van der Waals surface area contributed by atoms with Crippen LogP contribution in [0.3, 0.4) is 0 Å². The number of nitrogens with zero attached hydrogens (tertiary/aromatic N) is 1. The second-order valence-electron chi connectivity index (χ2n) is 20.5. The topological polar surface area (TPSA) is 525 Å². The van der Waals surface area contributed by atoms with Crippen LogP contribution in [-0.4, -0.2) is 240 Å². The van der Waals surface area contributed by atoms with Gasteiger partial charge in [0.1, 0.15) is 72.2 Å². The largest absolute Gasteiger partial charge is 0.508 e. The van der Waals surface area contributed by atoms with Crippen LogP contribution in [0.1, 0.15) is 51.5 Å². The van der Waals surface area contributed by atoms with Gasteiger partial charge in [-0.2, -0.15) is 0 Å². The molecule has 4 saturated heterocycles. The molecule has 4 bridgehead atoms. The molecule has 0 aliphatic carbocycles. The standard InChI is InChI=1S/C50H70N14O19S6/c1-21-39(71)59-32-19-87-86-16-29-43(75)56-26(9-10-37(69)70)41(73)57-27(12-23-5-7-24(66)8-6-23)42(74)61-31(18-88-89-20-33(50(82)83)55-36(68)14-53-48(80)38(22(2)65)63-46(32)78)45(77)62-30(17-85-84-15-25(51)40(72)60-29)44(76)58-28(13-35(52)67)49(81)64-11-3-4-34(64)47(79)54-21/h5-8,21-22,25-34,38,65-66H,3-4,9-20,51H2,1-2H3,(H2,52,67)(H,53,80)(H,54,79)(H,55,68)(H,56,75)(H,57,73)(H,58,76)(H,59,71)(H,60,72)(H,61,74)(H,62,77)(H,63,78)(H,69,70)(H,82,83)/t21-,22+,25-,26-,27-,28-,29-,30-,31-,32-,33-,34-,38-/m0/s1. The van der Waals surface area contributed by atoms with Crippen LogP contribution in [0, 0.1) is 0 Å². The minimum Gasteiger partial charge on any atom is -0.508 e. The summed E-state index contributed by atoms with van der Waals surface area (Å²) in [6.45, 7) is 1.31. The fourth-order valence-electron chi connectivity index (χ4n) is 8.70. The summed E-state index contributed by atoms with van der Waals surface area (Å²) < 4.78 is 0. The van der Waals surface area contributed by atoms with Gasteiger partial charge in [-0.05, 0) is 50.8 Å². The lowest BCUT2D eigenvalue weighted by Gasteiger charge is -2.30. The maximum Gasteiger partial charge on any atom is 0.327 e. The molecule has 33 nitrogen and oxygen atoms in total. The summed E-state index contributed by atoms with van der Waals surface area (Å²) in [5.74, 6) is -19.7. The Morgan fingerprint density at radius 3 is 1.65 bits per heavy atom. The molecule has 39 heteroatoms. The predicted octanol–water partition coefficient (Wildman–Crippen LogP) is -6.37. The number of hydrogen-bond donors (Lipinski definition) is 17. The highest BCUT2D eigenvalue weighted by atomic mass is 33.1. The first-order valence-corrected chi connectivity index (χ1v) is 34.9. The number of benzene rings is 1. The van der Waals surface area contributed by atoms with Crippen LogP contribution in [0.25, 0.3) is 0 Å². The van der Waals surface area contributed by atoms with E-state index < -0.39 is 228 Å². The van der Waals surface area contributed by atoms with Gasteiger partial charge in [0, 0.05) is 53.9 Å². The summed E-state index contributed by atoms with van der Waals surface area (Å²) >= 11 is 0. The van der Waals surface area contributed by atoms with E-state index in [9.17, 15) is 92.3 Å². The van der Waals surface area contributed by atoms with E-state index in [0.29, 0.717) is 5.56 Å². The van der Waals surface area contributed by atoms with Crippen LogP contribution < -0.4 is 70.0 Å². The van der Waals surface area contributed by atoms with Gasteiger partial charge in [-0.3, -0.25) is 67.1 Å². The van der Waals surface area contributed by atoms with Gasteiger partial charge in [0.2, 0.25) is 76.8 Å². The molecular weight excluding hydrogens is 1290 g/mol. The molecule has 4 aliphatic heterocycles. The maximum absolute atomic E-state index is 14.8. The Kier molecular flexibility index (Phi) is 29.0. The number of rotatable bonds is 9. The normalized spacial score (nSPS) is 29.2. The third-order valence-corrected chi connectivity index (χ3v) is 20.9. The average Bonchev–Trinajstić information content (AvgIpc) is 2.60. The van der Waals surface area contributed by atoms with Crippen LogP contribution in [0.15, 0.2) is 24.3 Å². The molecule has 1 aromatic rings. The fourth-order valence-corrected chi connectivity index (χ4v) is 15.6. The lowest BCUT2D eigenvalue weighted by atomic mass is 10.0. The number of carboxylic acid groups (broad SMARTS) is 2. The van der Waals surface area contributed by atoms with Gasteiger partial charge >= 0.3 is 11.9 Å². The molecule has 13 atom stereocenters. The SMILES string of the molecule is C[C@@H]1NC(=O)[C@@H]2CCCN2C(=O)[C@H](CC(N)=O)NC(=O)[C@@H]2CSSC[C@H](N)C(=O)N[C@H]3CSSC[C@H](NC1=O)C(=O)N[C@@H]([C@@H](C)O)C(=O)NCC(=O)N[C@H](C(=O)O)CSSC[C@H](NC(=O)[C@H](Cc1ccc(O)cc1)NC(=O)[C@H](CCC(=O)O)NC3=O)C(=O)N2. The Morgan fingerprint density at radius 2 is 1.09 bits per heavy atom. The number of fused-ring (bicyclic) bond motifs is 20. The van der Waals surface area contributed by atoms with E-state index in [0.717, 1.165) is 76.6 Å². The third kappa shape index (κ3) is 23.1. The number of aliphatic hydroxyl groups is 1. The number of phenols is 1. The van der Waals surface area contributed by atoms with Crippen LogP contribution in [0.5, 0.6) is 5.75 Å². The minimum absolute atomic E-state index is 0.0143. The molecule has 0 saturated carbocycles. The molecule has 4 fully saturated rings. The number of amides is 13. The molecule has 0 aromatic heterocycles. The second kappa shape index (κ2) is 35.5. The first-order valence-electron chi connectivity index (χ1n) is 27.4. The molecule has 490 valence electrons. The second-order valence-corrected chi connectivity index (χ2v) is 28.2. The van der Waals surface area contributed by atoms with Crippen molar-refractivity contribution in [2.75, 3.05) is 47.6 Å². The Hall–Kier alpha value is -6.91. The Balaban J connectivity index is 1.75. The molecule has 0 unspecified atom stereocenters. The van der Waals surface area contributed by atoms with E-state index in [2.05, 4.69) is 58.5 Å². The van der Waals surface area contributed by atoms with Crippen molar-refractivity contribution in [1.29, 1.82) is 0 Å². The molecular formula is C50H70N14O19S6. The van der Waals surface area contributed by atoms with Crippen LogP contribution >= 0.6 is 64.8 Å². The summed E-state index contributed by atoms with van der Waals surface area (Å²) in [6, 6.07) is -14.7. The van der Waals surface area contributed by atoms with Gasteiger partial charge in [-0.25, -0.2) is 4.79 Å². The first kappa shape index (κ1) is 72.8. The van der Waals surface area contributed by atoms with Crippen molar-refractivity contribution in [2.45, 2.75) is 131 Å². The van der Waals surface area contributed by atoms with E-state index >= 15 is 0 Å². The highest BCUT2D eigenvalue weighted by molar-refractivity contribution is 8.77. The van der Waals surface area contributed by atoms with Crippen molar-refractivity contribution in [1.82, 2.24) is 63.4 Å².